The number of anilines is 3. The van der Waals surface area contributed by atoms with Gasteiger partial charge in [0.15, 0.2) is 5.76 Å². The number of thioether (sulfide) groups is 1. The van der Waals surface area contributed by atoms with Crippen LogP contribution >= 0.6 is 11.8 Å². The van der Waals surface area contributed by atoms with Crippen LogP contribution < -0.4 is 10.2 Å². The minimum atomic E-state index is -0.320. The number of benzene rings is 3. The largest absolute Gasteiger partial charge is 0.459 e. The molecule has 3 aromatic carbocycles. The number of carbonyl (C=O) groups is 2. The summed E-state index contributed by atoms with van der Waals surface area (Å²) in [5.74, 6) is -0.0625. The summed E-state index contributed by atoms with van der Waals surface area (Å²) in [6, 6.07) is 30.0. The van der Waals surface area contributed by atoms with Gasteiger partial charge < -0.3 is 9.73 Å². The van der Waals surface area contributed by atoms with Gasteiger partial charge in [-0.15, -0.1) is 11.8 Å². The third kappa shape index (κ3) is 5.10. The molecule has 0 aliphatic carbocycles. The van der Waals surface area contributed by atoms with Crippen molar-refractivity contribution in [1.29, 1.82) is 0 Å². The van der Waals surface area contributed by atoms with E-state index in [9.17, 15) is 9.59 Å². The lowest BCUT2D eigenvalue weighted by atomic mass is 10.2. The van der Waals surface area contributed by atoms with Crippen molar-refractivity contribution in [2.75, 3.05) is 10.2 Å². The maximum absolute atomic E-state index is 13.4. The van der Waals surface area contributed by atoms with Crippen LogP contribution in [0.1, 0.15) is 17.5 Å². The van der Waals surface area contributed by atoms with E-state index in [-0.39, 0.29) is 22.8 Å². The van der Waals surface area contributed by atoms with Gasteiger partial charge in [0.25, 0.3) is 5.91 Å². The molecule has 4 aromatic rings. The average Bonchev–Trinajstić information content (AvgIpc) is 3.37. The lowest BCUT2D eigenvalue weighted by molar-refractivity contribution is -0.117. The molecule has 1 unspecified atom stereocenters. The topological polar surface area (TPSA) is 62.6 Å². The number of hydrogen-bond acceptors (Lipinski definition) is 4. The number of para-hydroxylation sites is 2. The molecule has 1 atom stereocenters. The summed E-state index contributed by atoms with van der Waals surface area (Å²) in [5.41, 5.74) is 2.31. The molecule has 0 saturated heterocycles. The van der Waals surface area contributed by atoms with Gasteiger partial charge >= 0.3 is 0 Å². The van der Waals surface area contributed by atoms with Gasteiger partial charge in [0.05, 0.1) is 11.5 Å². The van der Waals surface area contributed by atoms with Crippen LogP contribution in [0.4, 0.5) is 17.1 Å². The molecular weight excluding hydrogens is 420 g/mol. The van der Waals surface area contributed by atoms with Crippen molar-refractivity contribution in [3.8, 4) is 0 Å². The van der Waals surface area contributed by atoms with E-state index in [1.54, 1.807) is 17.0 Å². The zero-order valence-electron chi connectivity index (χ0n) is 17.5. The molecule has 2 amide bonds. The molecule has 0 bridgehead atoms. The summed E-state index contributed by atoms with van der Waals surface area (Å²) >= 11 is 1.47. The quantitative estimate of drug-likeness (QED) is 0.338. The van der Waals surface area contributed by atoms with Crippen molar-refractivity contribution in [1.82, 2.24) is 0 Å². The fourth-order valence-electron chi connectivity index (χ4n) is 3.21. The van der Waals surface area contributed by atoms with Crippen LogP contribution in [0.5, 0.6) is 0 Å². The number of hydrogen-bond donors (Lipinski definition) is 1. The fourth-order valence-corrected chi connectivity index (χ4v) is 4.12. The Hall–Kier alpha value is -3.77. The van der Waals surface area contributed by atoms with E-state index >= 15 is 0 Å². The molecule has 0 spiro atoms. The predicted molar refractivity (Wildman–Crippen MR) is 128 cm³/mol. The molecule has 1 N–H and O–H groups in total. The SMILES string of the molecule is CC(Sc1ccc(NC(=O)c2ccco2)cc1)C(=O)N(c1ccccc1)c1ccccc1. The van der Waals surface area contributed by atoms with Gasteiger partial charge in [-0.25, -0.2) is 0 Å². The summed E-state index contributed by atoms with van der Waals surface area (Å²) in [5, 5.41) is 2.47. The molecule has 1 heterocycles. The Morgan fingerprint density at radius 1 is 0.812 bits per heavy atom. The second kappa shape index (κ2) is 10.0. The Balaban J connectivity index is 1.46. The number of nitrogens with zero attached hydrogens (tertiary/aromatic N) is 1. The smallest absolute Gasteiger partial charge is 0.291 e. The first-order chi connectivity index (χ1) is 15.6. The van der Waals surface area contributed by atoms with Gasteiger partial charge in [-0.05, 0) is 67.6 Å². The first kappa shape index (κ1) is 21.5. The molecule has 6 heteroatoms. The first-order valence-corrected chi connectivity index (χ1v) is 11.1. The van der Waals surface area contributed by atoms with Crippen LogP contribution in [0, 0.1) is 0 Å². The monoisotopic (exact) mass is 442 g/mol. The van der Waals surface area contributed by atoms with Gasteiger partial charge in [-0.1, -0.05) is 36.4 Å². The van der Waals surface area contributed by atoms with Crippen LogP contribution in [0.25, 0.3) is 0 Å². The number of nitrogens with one attached hydrogen (secondary N) is 1. The number of furan rings is 1. The summed E-state index contributed by atoms with van der Waals surface area (Å²) in [7, 11) is 0. The van der Waals surface area contributed by atoms with Crippen molar-refractivity contribution in [2.45, 2.75) is 17.1 Å². The summed E-state index contributed by atoms with van der Waals surface area (Å²) in [6.45, 7) is 1.90. The highest BCUT2D eigenvalue weighted by molar-refractivity contribution is 8.00. The summed E-state index contributed by atoms with van der Waals surface area (Å²) < 4.78 is 5.11. The van der Waals surface area contributed by atoms with E-state index in [1.807, 2.05) is 91.9 Å². The second-order valence-corrected chi connectivity index (χ2v) is 8.47. The third-order valence-corrected chi connectivity index (χ3v) is 5.87. The molecule has 0 radical (unpaired) electrons. The highest BCUT2D eigenvalue weighted by atomic mass is 32.2. The lowest BCUT2D eigenvalue weighted by Crippen LogP contribution is -2.32. The van der Waals surface area contributed by atoms with E-state index in [0.29, 0.717) is 5.69 Å². The fraction of sp³-hybridized carbons (Fsp3) is 0.0769. The Labute approximate surface area is 191 Å². The first-order valence-electron chi connectivity index (χ1n) is 10.2. The molecule has 4 rings (SSSR count). The van der Waals surface area contributed by atoms with Gasteiger partial charge in [-0.2, -0.15) is 0 Å². The zero-order valence-corrected chi connectivity index (χ0v) is 18.3. The van der Waals surface area contributed by atoms with Crippen LogP contribution in [0.3, 0.4) is 0 Å². The minimum absolute atomic E-state index is 0.0115. The highest BCUT2D eigenvalue weighted by Gasteiger charge is 2.24. The molecule has 1 aromatic heterocycles. The van der Waals surface area contributed by atoms with E-state index in [2.05, 4.69) is 5.32 Å². The van der Waals surface area contributed by atoms with E-state index < -0.39 is 0 Å². The zero-order chi connectivity index (χ0) is 22.3. The summed E-state index contributed by atoms with van der Waals surface area (Å²) in [6.07, 6.45) is 1.46. The van der Waals surface area contributed by atoms with Crippen molar-refractivity contribution >= 4 is 40.6 Å². The number of carbonyl (C=O) groups excluding carboxylic acids is 2. The van der Waals surface area contributed by atoms with Gasteiger partial charge in [0, 0.05) is 22.0 Å². The molecule has 5 nitrogen and oxygen atoms in total. The molecule has 0 aliphatic heterocycles. The van der Waals surface area contributed by atoms with E-state index in [0.717, 1.165) is 16.3 Å². The normalized spacial score (nSPS) is 11.5. The van der Waals surface area contributed by atoms with Crippen molar-refractivity contribution in [3.05, 3.63) is 109 Å². The maximum atomic E-state index is 13.4. The molecule has 0 fully saturated rings. The molecule has 0 saturated carbocycles. The Bertz CT molecular complexity index is 1120. The molecule has 32 heavy (non-hydrogen) atoms. The Morgan fingerprint density at radius 3 is 1.94 bits per heavy atom. The van der Waals surface area contributed by atoms with Gasteiger partial charge in [0.2, 0.25) is 5.91 Å². The van der Waals surface area contributed by atoms with Crippen LogP contribution in [0.2, 0.25) is 0 Å². The van der Waals surface area contributed by atoms with Gasteiger partial charge in [0.1, 0.15) is 0 Å². The van der Waals surface area contributed by atoms with Crippen LogP contribution in [-0.2, 0) is 4.79 Å². The molecule has 0 aliphatic rings. The Kier molecular flexibility index (Phi) is 6.72. The molecule has 160 valence electrons. The maximum Gasteiger partial charge on any atom is 0.291 e. The van der Waals surface area contributed by atoms with Crippen molar-refractivity contribution in [2.24, 2.45) is 0 Å². The number of rotatable bonds is 7. The number of amides is 2. The van der Waals surface area contributed by atoms with Crippen molar-refractivity contribution in [3.63, 3.8) is 0 Å². The van der Waals surface area contributed by atoms with E-state index in [1.165, 1.54) is 18.0 Å². The highest BCUT2D eigenvalue weighted by Crippen LogP contribution is 2.31. The predicted octanol–water partition coefficient (Wildman–Crippen LogP) is 6.38. The van der Waals surface area contributed by atoms with Crippen molar-refractivity contribution < 1.29 is 14.0 Å². The van der Waals surface area contributed by atoms with E-state index in [4.69, 9.17) is 4.42 Å². The van der Waals surface area contributed by atoms with Crippen LogP contribution in [-0.4, -0.2) is 17.1 Å². The molecular formula is C26H22N2O3S. The lowest BCUT2D eigenvalue weighted by Gasteiger charge is -2.26. The van der Waals surface area contributed by atoms with Gasteiger partial charge in [-0.3, -0.25) is 14.5 Å². The third-order valence-electron chi connectivity index (χ3n) is 4.77. The van der Waals surface area contributed by atoms with Crippen LogP contribution in [0.15, 0.2) is 113 Å². The average molecular weight is 443 g/mol. The minimum Gasteiger partial charge on any atom is -0.459 e. The Morgan fingerprint density at radius 2 is 1.41 bits per heavy atom. The second-order valence-electron chi connectivity index (χ2n) is 7.06. The standard InChI is InChI=1S/C26H22N2O3S/c1-19(26(30)28(21-9-4-2-5-10-21)22-11-6-3-7-12-22)32-23-16-14-20(15-17-23)27-25(29)24-13-8-18-31-24/h2-19H,1H3,(H,27,29). The summed E-state index contributed by atoms with van der Waals surface area (Å²) in [4.78, 5) is 28.2.